The smallest absolute Gasteiger partial charge is 0.0207 e. The maximum Gasteiger partial charge on any atom is 0.0207 e. The van der Waals surface area contributed by atoms with E-state index in [1.54, 1.807) is 0 Å². The summed E-state index contributed by atoms with van der Waals surface area (Å²) >= 11 is 3.73. The molecule has 1 nitrogen and oxygen atoms in total. The Morgan fingerprint density at radius 1 is 0.926 bits per heavy atom. The van der Waals surface area contributed by atoms with Crippen molar-refractivity contribution in [2.24, 2.45) is 5.92 Å². The summed E-state index contributed by atoms with van der Waals surface area (Å²) in [6.45, 7) is 5.84. The number of hydrogen-bond acceptors (Lipinski definition) is 1. The Hall–Kier alpha value is -1.64. The molecule has 1 aliphatic heterocycles. The van der Waals surface area contributed by atoms with Gasteiger partial charge >= 0.3 is 0 Å². The molecule has 0 spiro atoms. The number of rotatable bonds is 5. The average molecular weight is 422 g/mol. The fourth-order valence-electron chi connectivity index (χ4n) is 4.27. The van der Waals surface area contributed by atoms with Crippen LogP contribution in [0.2, 0.25) is 0 Å². The molecule has 0 aromatic heterocycles. The van der Waals surface area contributed by atoms with E-state index in [0.717, 1.165) is 12.3 Å². The van der Waals surface area contributed by atoms with Gasteiger partial charge in [0, 0.05) is 11.0 Å². The number of piperidine rings is 1. The highest BCUT2D eigenvalue weighted by atomic mass is 79.9. The van der Waals surface area contributed by atoms with Crippen molar-refractivity contribution in [1.82, 2.24) is 4.90 Å². The van der Waals surface area contributed by atoms with Crippen LogP contribution in [0.3, 0.4) is 0 Å². The van der Waals surface area contributed by atoms with Gasteiger partial charge < -0.3 is 4.90 Å². The Balaban J connectivity index is 1.28. The molecule has 0 aliphatic carbocycles. The van der Waals surface area contributed by atoms with Crippen molar-refractivity contribution < 1.29 is 0 Å². The van der Waals surface area contributed by atoms with Gasteiger partial charge in [0.2, 0.25) is 0 Å². The van der Waals surface area contributed by atoms with Gasteiger partial charge in [0.1, 0.15) is 0 Å². The summed E-state index contributed by atoms with van der Waals surface area (Å²) < 4.78 is 1.27. The molecule has 3 aromatic carbocycles. The minimum atomic E-state index is 0.819. The van der Waals surface area contributed by atoms with E-state index in [1.165, 1.54) is 70.8 Å². The molecule has 2 heteroatoms. The highest BCUT2D eigenvalue weighted by molar-refractivity contribution is 9.10. The minimum Gasteiger partial charge on any atom is -0.303 e. The van der Waals surface area contributed by atoms with Gasteiger partial charge in [-0.25, -0.2) is 0 Å². The van der Waals surface area contributed by atoms with Crippen LogP contribution < -0.4 is 0 Å². The van der Waals surface area contributed by atoms with Gasteiger partial charge in [0.15, 0.2) is 0 Å². The highest BCUT2D eigenvalue weighted by Gasteiger charge is 2.20. The van der Waals surface area contributed by atoms with E-state index in [9.17, 15) is 0 Å². The Morgan fingerprint density at radius 3 is 2.52 bits per heavy atom. The van der Waals surface area contributed by atoms with Crippen LogP contribution in [0.1, 0.15) is 29.5 Å². The van der Waals surface area contributed by atoms with Crippen LogP contribution in [0.4, 0.5) is 0 Å². The lowest BCUT2D eigenvalue weighted by Crippen LogP contribution is -2.35. The van der Waals surface area contributed by atoms with Crippen LogP contribution >= 0.6 is 15.9 Å². The maximum atomic E-state index is 3.73. The molecule has 4 rings (SSSR count). The summed E-state index contributed by atoms with van der Waals surface area (Å²) in [6.07, 6.45) is 5.00. The molecule has 0 amide bonds. The molecule has 1 aliphatic rings. The third-order valence-corrected chi connectivity index (χ3v) is 6.72. The van der Waals surface area contributed by atoms with Gasteiger partial charge in [-0.2, -0.15) is 0 Å². The zero-order chi connectivity index (χ0) is 18.6. The molecular formula is C25H28BrN. The zero-order valence-corrected chi connectivity index (χ0v) is 17.7. The summed E-state index contributed by atoms with van der Waals surface area (Å²) in [6, 6.07) is 22.3. The quantitative estimate of drug-likeness (QED) is 0.459. The van der Waals surface area contributed by atoms with Gasteiger partial charge in [-0.05, 0) is 79.6 Å². The minimum absolute atomic E-state index is 0.819. The fourth-order valence-corrected chi connectivity index (χ4v) is 4.68. The Labute approximate surface area is 171 Å². The molecule has 0 radical (unpaired) electrons. The second kappa shape index (κ2) is 8.58. The zero-order valence-electron chi connectivity index (χ0n) is 16.1. The fraction of sp³-hybridized carbons (Fsp3) is 0.360. The van der Waals surface area contributed by atoms with Gasteiger partial charge in [-0.3, -0.25) is 0 Å². The Morgan fingerprint density at radius 2 is 1.70 bits per heavy atom. The van der Waals surface area contributed by atoms with Crippen LogP contribution in [-0.2, 0) is 12.8 Å². The second-order valence-electron chi connectivity index (χ2n) is 8.02. The van der Waals surface area contributed by atoms with Gasteiger partial charge in [-0.1, -0.05) is 76.1 Å². The van der Waals surface area contributed by atoms with Crippen LogP contribution in [0.15, 0.2) is 65.1 Å². The van der Waals surface area contributed by atoms with Crippen LogP contribution in [0.5, 0.6) is 0 Å². The normalized spacial score (nSPS) is 16.1. The second-order valence-corrected chi connectivity index (χ2v) is 8.87. The number of fused-ring (bicyclic) bond motifs is 1. The van der Waals surface area contributed by atoms with E-state index in [2.05, 4.69) is 88.4 Å². The Kier molecular flexibility index (Phi) is 5.95. The van der Waals surface area contributed by atoms with Crippen molar-refractivity contribution in [3.05, 3.63) is 81.8 Å². The van der Waals surface area contributed by atoms with Crippen LogP contribution in [0.25, 0.3) is 10.8 Å². The van der Waals surface area contributed by atoms with Crippen molar-refractivity contribution in [2.75, 3.05) is 19.6 Å². The number of benzene rings is 3. The molecule has 27 heavy (non-hydrogen) atoms. The monoisotopic (exact) mass is 421 g/mol. The first-order chi connectivity index (χ1) is 13.2. The molecular weight excluding hydrogens is 394 g/mol. The van der Waals surface area contributed by atoms with E-state index < -0.39 is 0 Å². The molecule has 3 aromatic rings. The largest absolute Gasteiger partial charge is 0.303 e. The predicted molar refractivity (Wildman–Crippen MR) is 119 cm³/mol. The van der Waals surface area contributed by atoms with E-state index in [1.807, 2.05) is 0 Å². The molecule has 140 valence electrons. The number of hydrogen-bond donors (Lipinski definition) is 0. The topological polar surface area (TPSA) is 3.24 Å². The molecule has 1 fully saturated rings. The SMILES string of the molecule is Cc1ccc(Br)c(CC2CCN(CCc3ccc4ccccc4c3)CC2)c1. The lowest BCUT2D eigenvalue weighted by Gasteiger charge is -2.32. The van der Waals surface area contributed by atoms with E-state index >= 15 is 0 Å². The lowest BCUT2D eigenvalue weighted by atomic mass is 9.89. The number of nitrogens with zero attached hydrogens (tertiary/aromatic N) is 1. The molecule has 0 N–H and O–H groups in total. The first-order valence-corrected chi connectivity index (χ1v) is 10.9. The molecule has 1 saturated heterocycles. The van der Waals surface area contributed by atoms with Crippen LogP contribution in [-0.4, -0.2) is 24.5 Å². The van der Waals surface area contributed by atoms with Crippen molar-refractivity contribution in [3.8, 4) is 0 Å². The van der Waals surface area contributed by atoms with Gasteiger partial charge in [0.25, 0.3) is 0 Å². The first-order valence-electron chi connectivity index (χ1n) is 10.1. The van der Waals surface area contributed by atoms with E-state index in [4.69, 9.17) is 0 Å². The predicted octanol–water partition coefficient (Wildman–Crippen LogP) is 6.41. The number of halogens is 1. The highest BCUT2D eigenvalue weighted by Crippen LogP contribution is 2.27. The first kappa shape index (κ1) is 18.7. The van der Waals surface area contributed by atoms with Crippen molar-refractivity contribution in [2.45, 2.75) is 32.6 Å². The maximum absolute atomic E-state index is 3.73. The lowest BCUT2D eigenvalue weighted by molar-refractivity contribution is 0.186. The Bertz CT molecular complexity index is 909. The van der Waals surface area contributed by atoms with Crippen molar-refractivity contribution >= 4 is 26.7 Å². The number of aryl methyl sites for hydroxylation is 1. The molecule has 0 saturated carbocycles. The third kappa shape index (κ3) is 4.80. The third-order valence-electron chi connectivity index (χ3n) is 5.95. The van der Waals surface area contributed by atoms with Gasteiger partial charge in [-0.15, -0.1) is 0 Å². The number of likely N-dealkylation sites (tertiary alicyclic amines) is 1. The average Bonchev–Trinajstić information content (AvgIpc) is 2.70. The van der Waals surface area contributed by atoms with Crippen molar-refractivity contribution in [1.29, 1.82) is 0 Å². The summed E-state index contributed by atoms with van der Waals surface area (Å²) in [7, 11) is 0. The van der Waals surface area contributed by atoms with Crippen LogP contribution in [0, 0.1) is 12.8 Å². The van der Waals surface area contributed by atoms with Gasteiger partial charge in [0.05, 0.1) is 0 Å². The standard InChI is InChI=1S/C25H28BrN/c1-19-6-9-25(26)24(16-19)18-21-11-14-27(15-12-21)13-10-20-7-8-22-4-2-3-5-23(22)17-20/h2-9,16-17,21H,10-15,18H2,1H3. The summed E-state index contributed by atoms with van der Waals surface area (Å²) in [5, 5.41) is 2.70. The van der Waals surface area contributed by atoms with Crippen molar-refractivity contribution in [3.63, 3.8) is 0 Å². The molecule has 0 bridgehead atoms. The molecule has 1 heterocycles. The summed E-state index contributed by atoms with van der Waals surface area (Å²) in [5.41, 5.74) is 4.30. The van der Waals surface area contributed by atoms with E-state index in [0.29, 0.717) is 0 Å². The van der Waals surface area contributed by atoms with E-state index in [-0.39, 0.29) is 0 Å². The summed E-state index contributed by atoms with van der Waals surface area (Å²) in [5.74, 6) is 0.819. The summed E-state index contributed by atoms with van der Waals surface area (Å²) in [4.78, 5) is 2.65. The molecule has 0 atom stereocenters. The molecule has 0 unspecified atom stereocenters.